The van der Waals surface area contributed by atoms with Crippen LogP contribution in [0.5, 0.6) is 0 Å². The minimum absolute atomic E-state index is 0.00674. The molecule has 2 amide bonds. The SMILES string of the molecule is CC[C@H](C(=O)NCCCN1CCOCC1)N1C(=O)CCn2nc(C)cc21. The Morgan fingerprint density at radius 2 is 2.12 bits per heavy atom. The molecule has 1 saturated heterocycles. The molecule has 1 fully saturated rings. The van der Waals surface area contributed by atoms with Crippen LogP contribution in [-0.4, -0.2) is 71.9 Å². The van der Waals surface area contributed by atoms with Gasteiger partial charge in [-0.25, -0.2) is 4.68 Å². The Morgan fingerprint density at radius 3 is 2.85 bits per heavy atom. The molecule has 0 spiro atoms. The Morgan fingerprint density at radius 1 is 1.35 bits per heavy atom. The van der Waals surface area contributed by atoms with E-state index in [1.54, 1.807) is 4.90 Å². The van der Waals surface area contributed by atoms with Gasteiger partial charge in [0.2, 0.25) is 11.8 Å². The van der Waals surface area contributed by atoms with Crippen LogP contribution in [-0.2, 0) is 20.9 Å². The molecule has 26 heavy (non-hydrogen) atoms. The number of aryl methyl sites for hydroxylation is 2. The molecule has 0 saturated carbocycles. The van der Waals surface area contributed by atoms with Crippen LogP contribution in [0.4, 0.5) is 5.82 Å². The molecule has 1 N–H and O–H groups in total. The maximum atomic E-state index is 12.7. The van der Waals surface area contributed by atoms with E-state index >= 15 is 0 Å². The number of fused-ring (bicyclic) bond motifs is 1. The van der Waals surface area contributed by atoms with Crippen molar-refractivity contribution < 1.29 is 14.3 Å². The third-order valence-corrected chi connectivity index (χ3v) is 4.99. The first-order valence-electron chi connectivity index (χ1n) is 9.54. The quantitative estimate of drug-likeness (QED) is 0.716. The fourth-order valence-electron chi connectivity index (χ4n) is 3.62. The van der Waals surface area contributed by atoms with Crippen LogP contribution in [0.1, 0.15) is 31.9 Å². The van der Waals surface area contributed by atoms with Crippen molar-refractivity contribution in [3.05, 3.63) is 11.8 Å². The molecule has 8 nitrogen and oxygen atoms in total. The molecule has 1 atom stereocenters. The van der Waals surface area contributed by atoms with Crippen molar-refractivity contribution in [2.24, 2.45) is 0 Å². The van der Waals surface area contributed by atoms with Crippen LogP contribution in [0.3, 0.4) is 0 Å². The number of amides is 2. The molecule has 3 rings (SSSR count). The summed E-state index contributed by atoms with van der Waals surface area (Å²) >= 11 is 0. The van der Waals surface area contributed by atoms with Crippen LogP contribution in [0.25, 0.3) is 0 Å². The molecule has 0 aliphatic carbocycles. The summed E-state index contributed by atoms with van der Waals surface area (Å²) in [6.45, 7) is 9.48. The van der Waals surface area contributed by atoms with Crippen LogP contribution >= 0.6 is 0 Å². The summed E-state index contributed by atoms with van der Waals surface area (Å²) in [5, 5.41) is 7.42. The first-order chi connectivity index (χ1) is 12.6. The lowest BCUT2D eigenvalue weighted by molar-refractivity contribution is -0.127. The first kappa shape index (κ1) is 18.8. The van der Waals surface area contributed by atoms with Gasteiger partial charge < -0.3 is 10.1 Å². The van der Waals surface area contributed by atoms with Crippen LogP contribution in [0, 0.1) is 6.92 Å². The van der Waals surface area contributed by atoms with Gasteiger partial charge >= 0.3 is 0 Å². The van der Waals surface area contributed by atoms with E-state index < -0.39 is 6.04 Å². The van der Waals surface area contributed by atoms with Crippen molar-refractivity contribution in [2.75, 3.05) is 44.3 Å². The summed E-state index contributed by atoms with van der Waals surface area (Å²) in [7, 11) is 0. The molecule has 0 bridgehead atoms. The molecule has 2 aliphatic heterocycles. The minimum Gasteiger partial charge on any atom is -0.379 e. The normalized spacial score (nSPS) is 19.3. The van der Waals surface area contributed by atoms with Crippen molar-refractivity contribution in [1.82, 2.24) is 20.0 Å². The summed E-state index contributed by atoms with van der Waals surface area (Å²) < 4.78 is 7.17. The third kappa shape index (κ3) is 4.24. The second-order valence-electron chi connectivity index (χ2n) is 6.90. The van der Waals surface area contributed by atoms with Gasteiger partial charge in [-0.1, -0.05) is 6.92 Å². The van der Waals surface area contributed by atoms with E-state index in [1.165, 1.54) is 0 Å². The van der Waals surface area contributed by atoms with Gasteiger partial charge in [-0.2, -0.15) is 5.10 Å². The van der Waals surface area contributed by atoms with Crippen molar-refractivity contribution in [3.63, 3.8) is 0 Å². The summed E-state index contributed by atoms with van der Waals surface area (Å²) in [6.07, 6.45) is 1.85. The smallest absolute Gasteiger partial charge is 0.243 e. The summed E-state index contributed by atoms with van der Waals surface area (Å²) in [6, 6.07) is 1.40. The number of rotatable bonds is 7. The fraction of sp³-hybridized carbons (Fsp3) is 0.722. The highest BCUT2D eigenvalue weighted by Crippen LogP contribution is 2.25. The molecule has 0 unspecified atom stereocenters. The summed E-state index contributed by atoms with van der Waals surface area (Å²) in [4.78, 5) is 29.2. The van der Waals surface area contributed by atoms with Crippen molar-refractivity contribution in [2.45, 2.75) is 45.7 Å². The van der Waals surface area contributed by atoms with E-state index in [4.69, 9.17) is 4.74 Å². The second-order valence-corrected chi connectivity index (χ2v) is 6.90. The zero-order valence-electron chi connectivity index (χ0n) is 15.7. The fourth-order valence-corrected chi connectivity index (χ4v) is 3.62. The number of carbonyl (C=O) groups is 2. The molecule has 0 aromatic carbocycles. The Labute approximate surface area is 154 Å². The number of ether oxygens (including phenoxy) is 1. The monoisotopic (exact) mass is 363 g/mol. The predicted octanol–water partition coefficient (Wildman–Crippen LogP) is 0.545. The van der Waals surface area contributed by atoms with Crippen molar-refractivity contribution in [1.29, 1.82) is 0 Å². The van der Waals surface area contributed by atoms with Crippen molar-refractivity contribution in [3.8, 4) is 0 Å². The van der Waals surface area contributed by atoms with Crippen LogP contribution < -0.4 is 10.2 Å². The Hall–Kier alpha value is -1.93. The molecular formula is C18H29N5O3. The van der Waals surface area contributed by atoms with E-state index in [9.17, 15) is 9.59 Å². The number of morpholine rings is 1. The topological polar surface area (TPSA) is 79.7 Å². The number of nitrogens with zero attached hydrogens (tertiary/aromatic N) is 4. The molecule has 2 aliphatic rings. The second kappa shape index (κ2) is 8.64. The maximum absolute atomic E-state index is 12.7. The number of nitrogens with one attached hydrogen (secondary N) is 1. The lowest BCUT2D eigenvalue weighted by Gasteiger charge is -2.33. The highest BCUT2D eigenvalue weighted by molar-refractivity contribution is 6.00. The van der Waals surface area contributed by atoms with Gasteiger partial charge in [0.15, 0.2) is 0 Å². The van der Waals surface area contributed by atoms with Gasteiger partial charge in [0.25, 0.3) is 0 Å². The molecule has 1 aromatic heterocycles. The molecule has 0 radical (unpaired) electrons. The summed E-state index contributed by atoms with van der Waals surface area (Å²) in [5.74, 6) is 0.636. The predicted molar refractivity (Wildman–Crippen MR) is 98.0 cm³/mol. The highest BCUT2D eigenvalue weighted by atomic mass is 16.5. The number of hydrogen-bond donors (Lipinski definition) is 1. The van der Waals surface area contributed by atoms with Crippen LogP contribution in [0.2, 0.25) is 0 Å². The van der Waals surface area contributed by atoms with Gasteiger partial charge in [0.05, 0.1) is 25.5 Å². The van der Waals surface area contributed by atoms with Gasteiger partial charge in [-0.05, 0) is 26.3 Å². The first-order valence-corrected chi connectivity index (χ1v) is 9.54. The lowest BCUT2D eigenvalue weighted by atomic mass is 10.1. The molecule has 3 heterocycles. The minimum atomic E-state index is -0.485. The number of hydrogen-bond acceptors (Lipinski definition) is 5. The molecule has 144 valence electrons. The Balaban J connectivity index is 1.55. The number of carbonyl (C=O) groups excluding carboxylic acids is 2. The Kier molecular flexibility index (Phi) is 6.26. The van der Waals surface area contributed by atoms with E-state index in [-0.39, 0.29) is 11.8 Å². The van der Waals surface area contributed by atoms with Gasteiger partial charge in [-0.3, -0.25) is 19.4 Å². The van der Waals surface area contributed by atoms with Crippen LogP contribution in [0.15, 0.2) is 6.07 Å². The molecule has 1 aromatic rings. The van der Waals surface area contributed by atoms with E-state index in [0.29, 0.717) is 25.9 Å². The maximum Gasteiger partial charge on any atom is 0.243 e. The zero-order chi connectivity index (χ0) is 18.5. The standard InChI is InChI=1S/C18H29N5O3/c1-3-15(18(25)19-6-4-7-21-9-11-26-12-10-21)23-16-13-14(2)20-22(16)8-5-17(23)24/h13,15H,3-12H2,1-2H3,(H,19,25)/t15-/m1/s1. The van der Waals surface area contributed by atoms with Crippen molar-refractivity contribution >= 4 is 17.6 Å². The molecular weight excluding hydrogens is 334 g/mol. The number of anilines is 1. The lowest BCUT2D eigenvalue weighted by Crippen LogP contribution is -2.52. The largest absolute Gasteiger partial charge is 0.379 e. The third-order valence-electron chi connectivity index (χ3n) is 4.99. The zero-order valence-corrected chi connectivity index (χ0v) is 15.7. The average molecular weight is 363 g/mol. The van der Waals surface area contributed by atoms with E-state index in [2.05, 4.69) is 15.3 Å². The highest BCUT2D eigenvalue weighted by Gasteiger charge is 2.34. The van der Waals surface area contributed by atoms with Gasteiger partial charge in [-0.15, -0.1) is 0 Å². The summed E-state index contributed by atoms with van der Waals surface area (Å²) in [5.41, 5.74) is 0.862. The van der Waals surface area contributed by atoms with E-state index in [0.717, 1.165) is 50.8 Å². The Bertz CT molecular complexity index is 639. The average Bonchev–Trinajstić information content (AvgIpc) is 3.02. The van der Waals surface area contributed by atoms with Gasteiger partial charge in [0.1, 0.15) is 11.9 Å². The van der Waals surface area contributed by atoms with E-state index in [1.807, 2.05) is 24.6 Å². The van der Waals surface area contributed by atoms with Gasteiger partial charge in [0, 0.05) is 32.1 Å². The number of aromatic nitrogens is 2. The molecule has 8 heteroatoms.